The van der Waals surface area contributed by atoms with Crippen LogP contribution in [0.5, 0.6) is 0 Å². The van der Waals surface area contributed by atoms with Crippen molar-refractivity contribution in [2.75, 3.05) is 36.5 Å². The fraction of sp³-hybridized carbons (Fsp3) is 0.533. The van der Waals surface area contributed by atoms with Crippen LogP contribution < -0.4 is 10.2 Å². The van der Waals surface area contributed by atoms with Crippen LogP contribution in [0, 0.1) is 0 Å². The van der Waals surface area contributed by atoms with Crippen LogP contribution in [-0.4, -0.2) is 52.6 Å². The van der Waals surface area contributed by atoms with Crippen LogP contribution >= 0.6 is 0 Å². The Labute approximate surface area is 134 Å². The largest absolute Gasteiger partial charge is 0.444 e. The first kappa shape index (κ1) is 15.5. The third-order valence-corrected chi connectivity index (χ3v) is 3.26. The van der Waals surface area contributed by atoms with Crippen molar-refractivity contribution in [3.05, 3.63) is 18.3 Å². The average molecular weight is 319 g/mol. The van der Waals surface area contributed by atoms with Gasteiger partial charge in [0, 0.05) is 13.1 Å². The van der Waals surface area contributed by atoms with Crippen LogP contribution in [0.3, 0.4) is 0 Å². The highest BCUT2D eigenvalue weighted by atomic mass is 16.6. The molecule has 1 aliphatic heterocycles. The second-order valence-corrected chi connectivity index (χ2v) is 6.36. The SMILES string of the molecule is CC(C)(C)OC(=O)Nc1ccc2nc(N3CCOCC3)nn2c1. The fourth-order valence-electron chi connectivity index (χ4n) is 2.26. The van der Waals surface area contributed by atoms with Gasteiger partial charge in [-0.25, -0.2) is 9.31 Å². The number of hydrogen-bond donors (Lipinski definition) is 1. The number of fused-ring (bicyclic) bond motifs is 1. The Balaban J connectivity index is 1.75. The highest BCUT2D eigenvalue weighted by molar-refractivity contribution is 5.84. The van der Waals surface area contributed by atoms with Gasteiger partial charge in [0.05, 0.1) is 25.1 Å². The summed E-state index contributed by atoms with van der Waals surface area (Å²) in [6.45, 7) is 8.38. The summed E-state index contributed by atoms with van der Waals surface area (Å²) in [6, 6.07) is 3.58. The third kappa shape index (κ3) is 3.89. The van der Waals surface area contributed by atoms with Gasteiger partial charge in [-0.1, -0.05) is 0 Å². The smallest absolute Gasteiger partial charge is 0.412 e. The van der Waals surface area contributed by atoms with E-state index in [2.05, 4.69) is 20.3 Å². The predicted molar refractivity (Wildman–Crippen MR) is 85.9 cm³/mol. The van der Waals surface area contributed by atoms with E-state index in [1.54, 1.807) is 16.8 Å². The molecule has 3 rings (SSSR count). The van der Waals surface area contributed by atoms with Gasteiger partial charge in [-0.15, -0.1) is 5.10 Å². The molecule has 124 valence electrons. The number of rotatable bonds is 2. The number of nitrogens with zero attached hydrogens (tertiary/aromatic N) is 4. The Morgan fingerprint density at radius 1 is 1.30 bits per heavy atom. The Kier molecular flexibility index (Phi) is 4.08. The minimum atomic E-state index is -0.537. The number of pyridine rings is 1. The van der Waals surface area contributed by atoms with Crippen LogP contribution in [-0.2, 0) is 9.47 Å². The lowest BCUT2D eigenvalue weighted by Crippen LogP contribution is -2.36. The van der Waals surface area contributed by atoms with Gasteiger partial charge >= 0.3 is 6.09 Å². The van der Waals surface area contributed by atoms with E-state index >= 15 is 0 Å². The van der Waals surface area contributed by atoms with Crippen LogP contribution in [0.1, 0.15) is 20.8 Å². The maximum absolute atomic E-state index is 11.8. The second-order valence-electron chi connectivity index (χ2n) is 6.36. The molecule has 8 heteroatoms. The quantitative estimate of drug-likeness (QED) is 0.911. The molecule has 1 N–H and O–H groups in total. The first-order valence-electron chi connectivity index (χ1n) is 7.60. The van der Waals surface area contributed by atoms with E-state index in [9.17, 15) is 4.79 Å². The number of morpholine rings is 1. The van der Waals surface area contributed by atoms with Crippen molar-refractivity contribution >= 4 is 23.4 Å². The molecule has 0 unspecified atom stereocenters. The molecular weight excluding hydrogens is 298 g/mol. The zero-order valence-electron chi connectivity index (χ0n) is 13.6. The molecule has 1 amide bonds. The topological polar surface area (TPSA) is 81.0 Å². The molecule has 0 aliphatic carbocycles. The van der Waals surface area contributed by atoms with Crippen LogP contribution in [0.15, 0.2) is 18.3 Å². The van der Waals surface area contributed by atoms with Gasteiger partial charge in [0.2, 0.25) is 5.95 Å². The highest BCUT2D eigenvalue weighted by Crippen LogP contribution is 2.16. The summed E-state index contributed by atoms with van der Waals surface area (Å²) >= 11 is 0. The average Bonchev–Trinajstić information content (AvgIpc) is 2.89. The van der Waals surface area contributed by atoms with Crippen molar-refractivity contribution in [1.29, 1.82) is 0 Å². The summed E-state index contributed by atoms with van der Waals surface area (Å²) in [6.07, 6.45) is 1.22. The van der Waals surface area contributed by atoms with E-state index in [4.69, 9.17) is 9.47 Å². The number of aromatic nitrogens is 3. The summed E-state index contributed by atoms with van der Waals surface area (Å²) in [5, 5.41) is 7.16. The number of carbonyl (C=O) groups excluding carboxylic acids is 1. The maximum atomic E-state index is 11.8. The Morgan fingerprint density at radius 3 is 2.74 bits per heavy atom. The van der Waals surface area contributed by atoms with Gasteiger partial charge in [-0.05, 0) is 32.9 Å². The van der Waals surface area contributed by atoms with Crippen LogP contribution in [0.4, 0.5) is 16.4 Å². The Hall–Kier alpha value is -2.35. The minimum Gasteiger partial charge on any atom is -0.444 e. The van der Waals surface area contributed by atoms with Crippen LogP contribution in [0.2, 0.25) is 0 Å². The summed E-state index contributed by atoms with van der Waals surface area (Å²) in [5.41, 5.74) is 0.789. The van der Waals surface area contributed by atoms with E-state index in [1.807, 2.05) is 26.8 Å². The molecule has 2 aromatic rings. The van der Waals surface area contributed by atoms with E-state index in [0.717, 1.165) is 18.7 Å². The van der Waals surface area contributed by atoms with Gasteiger partial charge in [0.1, 0.15) is 5.60 Å². The number of amides is 1. The van der Waals surface area contributed by atoms with Gasteiger partial charge < -0.3 is 14.4 Å². The molecule has 1 saturated heterocycles. The number of ether oxygens (including phenoxy) is 2. The van der Waals surface area contributed by atoms with Gasteiger partial charge in [0.25, 0.3) is 0 Å². The normalized spacial score (nSPS) is 15.7. The molecule has 0 atom stereocenters. The Morgan fingerprint density at radius 2 is 2.04 bits per heavy atom. The molecule has 0 saturated carbocycles. The van der Waals surface area contributed by atoms with E-state index in [1.165, 1.54) is 0 Å². The van der Waals surface area contributed by atoms with Gasteiger partial charge in [-0.3, -0.25) is 5.32 Å². The van der Waals surface area contributed by atoms with Crippen molar-refractivity contribution in [1.82, 2.24) is 14.6 Å². The molecule has 0 radical (unpaired) electrons. The number of anilines is 2. The minimum absolute atomic E-state index is 0.495. The molecule has 8 nitrogen and oxygen atoms in total. The molecule has 0 aromatic carbocycles. The Bertz CT molecular complexity index is 701. The summed E-state index contributed by atoms with van der Waals surface area (Å²) < 4.78 is 12.2. The van der Waals surface area contributed by atoms with Crippen molar-refractivity contribution < 1.29 is 14.3 Å². The van der Waals surface area contributed by atoms with Gasteiger partial charge in [-0.2, -0.15) is 4.98 Å². The lowest BCUT2D eigenvalue weighted by atomic mass is 10.2. The molecule has 1 fully saturated rings. The summed E-state index contributed by atoms with van der Waals surface area (Å²) in [4.78, 5) is 18.4. The number of carbonyl (C=O) groups is 1. The van der Waals surface area contributed by atoms with Gasteiger partial charge in [0.15, 0.2) is 5.65 Å². The molecule has 23 heavy (non-hydrogen) atoms. The van der Waals surface area contributed by atoms with E-state index in [-0.39, 0.29) is 0 Å². The number of nitrogens with one attached hydrogen (secondary N) is 1. The molecule has 1 aliphatic rings. The third-order valence-electron chi connectivity index (χ3n) is 3.26. The van der Waals surface area contributed by atoms with Crippen molar-refractivity contribution in [2.24, 2.45) is 0 Å². The summed E-state index contributed by atoms with van der Waals surface area (Å²) in [5.74, 6) is 0.669. The first-order valence-corrected chi connectivity index (χ1v) is 7.60. The molecule has 0 spiro atoms. The first-order chi connectivity index (χ1) is 10.9. The standard InChI is InChI=1S/C15H21N5O3/c1-15(2,3)23-14(21)16-11-4-5-12-17-13(18-20(12)10-11)19-6-8-22-9-7-19/h4-5,10H,6-9H2,1-3H3,(H,16,21). The zero-order chi connectivity index (χ0) is 16.4. The summed E-state index contributed by atoms with van der Waals surface area (Å²) in [7, 11) is 0. The fourth-order valence-corrected chi connectivity index (χ4v) is 2.26. The molecule has 0 bridgehead atoms. The lowest BCUT2D eigenvalue weighted by Gasteiger charge is -2.25. The molecular formula is C15H21N5O3. The highest BCUT2D eigenvalue weighted by Gasteiger charge is 2.18. The van der Waals surface area contributed by atoms with Crippen molar-refractivity contribution in [2.45, 2.75) is 26.4 Å². The lowest BCUT2D eigenvalue weighted by molar-refractivity contribution is 0.0636. The predicted octanol–water partition coefficient (Wildman–Crippen LogP) is 1.91. The monoisotopic (exact) mass is 319 g/mol. The van der Waals surface area contributed by atoms with Crippen molar-refractivity contribution in [3.63, 3.8) is 0 Å². The van der Waals surface area contributed by atoms with Crippen LogP contribution in [0.25, 0.3) is 5.65 Å². The number of hydrogen-bond acceptors (Lipinski definition) is 6. The molecule has 3 heterocycles. The second kappa shape index (κ2) is 6.04. The zero-order valence-corrected chi connectivity index (χ0v) is 13.6. The van der Waals surface area contributed by atoms with Crippen molar-refractivity contribution in [3.8, 4) is 0 Å². The van der Waals surface area contributed by atoms with E-state index < -0.39 is 11.7 Å². The molecule has 2 aromatic heterocycles. The van der Waals surface area contributed by atoms with E-state index in [0.29, 0.717) is 24.8 Å². The maximum Gasteiger partial charge on any atom is 0.412 e.